The maximum Gasteiger partial charge on any atom is 0.416 e. The van der Waals surface area contributed by atoms with Gasteiger partial charge in [0.1, 0.15) is 0 Å². The highest BCUT2D eigenvalue weighted by Gasteiger charge is 2.30. The van der Waals surface area contributed by atoms with Crippen molar-refractivity contribution >= 4 is 11.6 Å². The second-order valence-corrected chi connectivity index (χ2v) is 5.35. The summed E-state index contributed by atoms with van der Waals surface area (Å²) in [5.41, 5.74) is 0.585. The Kier molecular flexibility index (Phi) is 5.78. The molecule has 0 radical (unpaired) electrons. The lowest BCUT2D eigenvalue weighted by Crippen LogP contribution is -2.33. The van der Waals surface area contributed by atoms with Crippen LogP contribution in [0, 0.1) is 0 Å². The van der Waals surface area contributed by atoms with Gasteiger partial charge in [-0.2, -0.15) is 13.2 Å². The number of alkyl halides is 3. The Bertz CT molecular complexity index is 674. The summed E-state index contributed by atoms with van der Waals surface area (Å²) in [5, 5.41) is 2.73. The van der Waals surface area contributed by atoms with Crippen molar-refractivity contribution in [2.45, 2.75) is 12.6 Å². The van der Waals surface area contributed by atoms with Crippen LogP contribution < -0.4 is 5.32 Å². The standard InChI is InChI=1S/C17H18F3N3O/c1-23(10-7-13-5-8-21-9-6-13)16(24)12-22-15-4-2-3-14(11-15)17(18,19)20/h2-6,8-9,11,22H,7,10,12H2,1H3. The topological polar surface area (TPSA) is 45.2 Å². The minimum Gasteiger partial charge on any atom is -0.376 e. The fourth-order valence-corrected chi connectivity index (χ4v) is 2.09. The average Bonchev–Trinajstić information content (AvgIpc) is 2.58. The zero-order valence-corrected chi connectivity index (χ0v) is 13.2. The van der Waals surface area contributed by atoms with Gasteiger partial charge in [0.15, 0.2) is 0 Å². The van der Waals surface area contributed by atoms with Crippen molar-refractivity contribution in [1.82, 2.24) is 9.88 Å². The van der Waals surface area contributed by atoms with E-state index in [-0.39, 0.29) is 18.1 Å². The molecule has 0 saturated heterocycles. The molecule has 1 heterocycles. The summed E-state index contributed by atoms with van der Waals surface area (Å²) < 4.78 is 37.9. The predicted molar refractivity (Wildman–Crippen MR) is 85.5 cm³/mol. The van der Waals surface area contributed by atoms with Crippen LogP contribution in [-0.2, 0) is 17.4 Å². The zero-order valence-electron chi connectivity index (χ0n) is 13.2. The molecule has 7 heteroatoms. The maximum absolute atomic E-state index is 12.6. The number of aromatic nitrogens is 1. The third kappa shape index (κ3) is 5.26. The van der Waals surface area contributed by atoms with E-state index in [1.54, 1.807) is 24.3 Å². The second kappa shape index (κ2) is 7.81. The highest BCUT2D eigenvalue weighted by atomic mass is 19.4. The number of halogens is 3. The highest BCUT2D eigenvalue weighted by Crippen LogP contribution is 2.30. The molecule has 0 spiro atoms. The minimum absolute atomic E-state index is 0.0614. The van der Waals surface area contributed by atoms with Crippen molar-refractivity contribution in [3.63, 3.8) is 0 Å². The van der Waals surface area contributed by atoms with Gasteiger partial charge in [-0.1, -0.05) is 6.07 Å². The number of carbonyl (C=O) groups excluding carboxylic acids is 1. The predicted octanol–water partition coefficient (Wildman–Crippen LogP) is 3.21. The van der Waals surface area contributed by atoms with E-state index in [4.69, 9.17) is 0 Å². The molecule has 1 N–H and O–H groups in total. The molecule has 0 atom stereocenters. The molecule has 0 aliphatic rings. The number of likely N-dealkylation sites (N-methyl/N-ethyl adjacent to an activating group) is 1. The van der Waals surface area contributed by atoms with Gasteiger partial charge in [-0.15, -0.1) is 0 Å². The van der Waals surface area contributed by atoms with Crippen LogP contribution >= 0.6 is 0 Å². The van der Waals surface area contributed by atoms with Crippen molar-refractivity contribution in [2.75, 3.05) is 25.5 Å². The van der Waals surface area contributed by atoms with Crippen LogP contribution in [-0.4, -0.2) is 35.9 Å². The SMILES string of the molecule is CN(CCc1ccncc1)C(=O)CNc1cccc(C(F)(F)F)c1. The van der Waals surface area contributed by atoms with Crippen LogP contribution in [0.3, 0.4) is 0 Å². The molecule has 0 saturated carbocycles. The summed E-state index contributed by atoms with van der Waals surface area (Å²) >= 11 is 0. The monoisotopic (exact) mass is 337 g/mol. The van der Waals surface area contributed by atoms with Crippen molar-refractivity contribution in [3.8, 4) is 0 Å². The Balaban J connectivity index is 1.84. The van der Waals surface area contributed by atoms with E-state index < -0.39 is 11.7 Å². The molecule has 0 fully saturated rings. The number of nitrogens with one attached hydrogen (secondary N) is 1. The first-order chi connectivity index (χ1) is 11.4. The molecule has 1 aromatic heterocycles. The number of pyridine rings is 1. The van der Waals surface area contributed by atoms with Gasteiger partial charge in [0.2, 0.25) is 5.91 Å². The van der Waals surface area contributed by atoms with E-state index >= 15 is 0 Å². The molecular weight excluding hydrogens is 319 g/mol. The Labute approximate surface area is 138 Å². The number of carbonyl (C=O) groups is 1. The van der Waals surface area contributed by atoms with Gasteiger partial charge in [0.05, 0.1) is 12.1 Å². The molecule has 0 bridgehead atoms. The average molecular weight is 337 g/mol. The van der Waals surface area contributed by atoms with E-state index in [0.717, 1.165) is 17.7 Å². The van der Waals surface area contributed by atoms with Gasteiger partial charge >= 0.3 is 6.18 Å². The number of nitrogens with zero attached hydrogens (tertiary/aromatic N) is 2. The summed E-state index contributed by atoms with van der Waals surface area (Å²) in [5.74, 6) is -0.193. The largest absolute Gasteiger partial charge is 0.416 e. The van der Waals surface area contributed by atoms with Crippen molar-refractivity contribution in [2.24, 2.45) is 0 Å². The summed E-state index contributed by atoms with van der Waals surface area (Å²) in [6.45, 7) is 0.460. The van der Waals surface area contributed by atoms with Crippen LogP contribution in [0.4, 0.5) is 18.9 Å². The van der Waals surface area contributed by atoms with E-state index in [9.17, 15) is 18.0 Å². The number of rotatable bonds is 6. The maximum atomic E-state index is 12.6. The minimum atomic E-state index is -4.40. The number of anilines is 1. The summed E-state index contributed by atoms with van der Waals surface area (Å²) in [7, 11) is 1.66. The van der Waals surface area contributed by atoms with Crippen LogP contribution in [0.25, 0.3) is 0 Å². The molecular formula is C17H18F3N3O. The van der Waals surface area contributed by atoms with Crippen LogP contribution in [0.1, 0.15) is 11.1 Å². The van der Waals surface area contributed by atoms with E-state index in [1.807, 2.05) is 12.1 Å². The van der Waals surface area contributed by atoms with E-state index in [2.05, 4.69) is 10.3 Å². The number of hydrogen-bond acceptors (Lipinski definition) is 3. The molecule has 128 valence electrons. The van der Waals surface area contributed by atoms with Gasteiger partial charge < -0.3 is 10.2 Å². The lowest BCUT2D eigenvalue weighted by Gasteiger charge is -2.18. The molecule has 0 unspecified atom stereocenters. The summed E-state index contributed by atoms with van der Waals surface area (Å²) in [4.78, 5) is 17.5. The fraction of sp³-hybridized carbons (Fsp3) is 0.294. The quantitative estimate of drug-likeness (QED) is 0.880. The van der Waals surface area contributed by atoms with Crippen molar-refractivity contribution in [3.05, 3.63) is 59.9 Å². The lowest BCUT2D eigenvalue weighted by atomic mass is 10.2. The Morgan fingerprint density at radius 3 is 2.58 bits per heavy atom. The highest BCUT2D eigenvalue weighted by molar-refractivity contribution is 5.80. The normalized spacial score (nSPS) is 11.2. The summed E-state index contributed by atoms with van der Waals surface area (Å²) in [6, 6.07) is 8.54. The molecule has 2 rings (SSSR count). The van der Waals surface area contributed by atoms with Gasteiger partial charge in [-0.25, -0.2) is 0 Å². The first-order valence-electron chi connectivity index (χ1n) is 7.40. The first-order valence-corrected chi connectivity index (χ1v) is 7.40. The second-order valence-electron chi connectivity index (χ2n) is 5.35. The van der Waals surface area contributed by atoms with Crippen molar-refractivity contribution < 1.29 is 18.0 Å². The number of hydrogen-bond donors (Lipinski definition) is 1. The smallest absolute Gasteiger partial charge is 0.376 e. The number of amides is 1. The zero-order chi connectivity index (χ0) is 17.6. The third-order valence-corrected chi connectivity index (χ3v) is 3.54. The fourth-order valence-electron chi connectivity index (χ4n) is 2.09. The van der Waals surface area contributed by atoms with Gasteiger partial charge in [-0.05, 0) is 42.3 Å². The first kappa shape index (κ1) is 17.8. The molecule has 2 aromatic rings. The molecule has 1 aromatic carbocycles. The molecule has 0 aliphatic heterocycles. The van der Waals surface area contributed by atoms with E-state index in [0.29, 0.717) is 13.0 Å². The van der Waals surface area contributed by atoms with Crippen LogP contribution in [0.5, 0.6) is 0 Å². The molecule has 1 amide bonds. The lowest BCUT2D eigenvalue weighted by molar-refractivity contribution is -0.137. The van der Waals surface area contributed by atoms with Gasteiger partial charge in [0, 0.05) is 31.7 Å². The van der Waals surface area contributed by atoms with E-state index in [1.165, 1.54) is 12.1 Å². The molecule has 4 nitrogen and oxygen atoms in total. The Hall–Kier alpha value is -2.57. The molecule has 0 aliphatic carbocycles. The molecule has 24 heavy (non-hydrogen) atoms. The van der Waals surface area contributed by atoms with Gasteiger partial charge in [-0.3, -0.25) is 9.78 Å². The van der Waals surface area contributed by atoms with Crippen molar-refractivity contribution in [1.29, 1.82) is 0 Å². The summed E-state index contributed by atoms with van der Waals surface area (Å²) in [6.07, 6.45) is -0.337. The number of benzene rings is 1. The Morgan fingerprint density at radius 1 is 1.21 bits per heavy atom. The Morgan fingerprint density at radius 2 is 1.92 bits per heavy atom. The van der Waals surface area contributed by atoms with Crippen LogP contribution in [0.2, 0.25) is 0 Å². The van der Waals surface area contributed by atoms with Gasteiger partial charge in [0.25, 0.3) is 0 Å². The third-order valence-electron chi connectivity index (χ3n) is 3.54. The van der Waals surface area contributed by atoms with Crippen LogP contribution in [0.15, 0.2) is 48.8 Å².